The second kappa shape index (κ2) is 15.5. The van der Waals surface area contributed by atoms with Gasteiger partial charge >= 0.3 is 17.9 Å². The van der Waals surface area contributed by atoms with E-state index in [1.807, 2.05) is 0 Å². The lowest BCUT2D eigenvalue weighted by atomic mass is 9.96. The maximum atomic E-state index is 11.8. The third-order valence-corrected chi connectivity index (χ3v) is 4.17. The van der Waals surface area contributed by atoms with Gasteiger partial charge in [0.15, 0.2) is 18.5 Å². The molecule has 0 saturated carbocycles. The number of amides is 1. The number of ether oxygens (including phenoxy) is 6. The fourth-order valence-corrected chi connectivity index (χ4v) is 3.02. The molecule has 0 spiro atoms. The van der Waals surface area contributed by atoms with Crippen molar-refractivity contribution in [3.05, 3.63) is 0 Å². The summed E-state index contributed by atoms with van der Waals surface area (Å²) in [5.41, 5.74) is 0. The van der Waals surface area contributed by atoms with E-state index in [4.69, 9.17) is 33.7 Å². The highest BCUT2D eigenvalue weighted by molar-refractivity contribution is 5.73. The Labute approximate surface area is 191 Å². The van der Waals surface area contributed by atoms with E-state index >= 15 is 0 Å². The summed E-state index contributed by atoms with van der Waals surface area (Å²) in [5, 5.41) is 13.6. The van der Waals surface area contributed by atoms with Gasteiger partial charge in [0.25, 0.3) is 0 Å². The van der Waals surface area contributed by atoms with Crippen LogP contribution in [0.1, 0.15) is 27.7 Å². The third-order valence-electron chi connectivity index (χ3n) is 4.17. The van der Waals surface area contributed by atoms with Crippen LogP contribution in [0.2, 0.25) is 0 Å². The molecule has 0 aliphatic carbocycles. The molecule has 5 unspecified atom stereocenters. The summed E-state index contributed by atoms with van der Waals surface area (Å²) in [7, 11) is 0. The van der Waals surface area contributed by atoms with Crippen LogP contribution in [0.4, 0.5) is 0 Å². The Balaban J connectivity index is 2.95. The molecule has 0 bridgehead atoms. The van der Waals surface area contributed by atoms with Gasteiger partial charge in [-0.25, -0.2) is 4.89 Å². The monoisotopic (exact) mass is 480 g/mol. The maximum Gasteiger partial charge on any atom is 0.303 e. The van der Waals surface area contributed by atoms with Gasteiger partial charge in [-0.2, -0.15) is 0 Å². The number of esters is 3. The second-order valence-corrected chi connectivity index (χ2v) is 6.98. The van der Waals surface area contributed by atoms with Gasteiger partial charge in [0.1, 0.15) is 25.5 Å². The predicted octanol–water partition coefficient (Wildman–Crippen LogP) is -1.29. The summed E-state index contributed by atoms with van der Waals surface area (Å²) in [6, 6.07) is -1.03. The van der Waals surface area contributed by atoms with E-state index in [9.17, 15) is 19.2 Å². The molecule has 3 N–H and O–H groups in total. The summed E-state index contributed by atoms with van der Waals surface area (Å²) in [6.45, 7) is 5.29. The summed E-state index contributed by atoms with van der Waals surface area (Å²) in [6.07, 6.45) is -4.55. The van der Waals surface area contributed by atoms with E-state index in [2.05, 4.69) is 15.5 Å². The Morgan fingerprint density at radius 2 is 1.58 bits per heavy atom. The number of nitrogens with one attached hydrogen (secondary N) is 2. The highest BCUT2D eigenvalue weighted by atomic mass is 17.1. The molecule has 1 amide bonds. The number of carbonyl (C=O) groups is 4. The largest absolute Gasteiger partial charge is 0.463 e. The normalized spacial score (nSPS) is 24.6. The van der Waals surface area contributed by atoms with Gasteiger partial charge in [0.05, 0.1) is 19.8 Å². The van der Waals surface area contributed by atoms with E-state index in [0.717, 1.165) is 13.8 Å². The van der Waals surface area contributed by atoms with Crippen LogP contribution in [0.15, 0.2) is 0 Å². The minimum absolute atomic E-state index is 0.0303. The van der Waals surface area contributed by atoms with Crippen LogP contribution in [0.25, 0.3) is 0 Å². The Kier molecular flexibility index (Phi) is 13.4. The average molecular weight is 480 g/mol. The molecule has 14 nitrogen and oxygen atoms in total. The summed E-state index contributed by atoms with van der Waals surface area (Å²) >= 11 is 0. The number of hydrogen-bond acceptors (Lipinski definition) is 13. The zero-order valence-electron chi connectivity index (χ0n) is 19.1. The number of carbonyl (C=O) groups excluding carboxylic acids is 4. The Morgan fingerprint density at radius 1 is 0.909 bits per heavy atom. The van der Waals surface area contributed by atoms with Crippen LogP contribution in [-0.4, -0.2) is 99.4 Å². The molecule has 0 aromatic rings. The van der Waals surface area contributed by atoms with Crippen molar-refractivity contribution in [2.24, 2.45) is 0 Å². The van der Waals surface area contributed by atoms with Crippen LogP contribution in [0, 0.1) is 0 Å². The Hall–Kier alpha value is -2.36. The summed E-state index contributed by atoms with van der Waals surface area (Å²) in [5.74, 6) is -2.45. The van der Waals surface area contributed by atoms with Crippen molar-refractivity contribution in [1.29, 1.82) is 0 Å². The van der Waals surface area contributed by atoms with E-state index in [0.29, 0.717) is 13.2 Å². The minimum Gasteiger partial charge on any atom is -0.463 e. The van der Waals surface area contributed by atoms with E-state index in [-0.39, 0.29) is 26.6 Å². The molecule has 0 radical (unpaired) electrons. The second-order valence-electron chi connectivity index (χ2n) is 6.98. The topological polar surface area (TPSA) is 177 Å². The Bertz CT molecular complexity index is 646. The molecule has 190 valence electrons. The lowest BCUT2D eigenvalue weighted by molar-refractivity contribution is -0.279. The van der Waals surface area contributed by atoms with Gasteiger partial charge < -0.3 is 33.7 Å². The van der Waals surface area contributed by atoms with Crippen molar-refractivity contribution in [1.82, 2.24) is 10.6 Å². The lowest BCUT2D eigenvalue weighted by Crippen LogP contribution is -2.66. The average Bonchev–Trinajstić information content (AvgIpc) is 2.71. The molecule has 5 atom stereocenters. The lowest BCUT2D eigenvalue weighted by Gasteiger charge is -2.44. The van der Waals surface area contributed by atoms with Crippen molar-refractivity contribution >= 4 is 23.8 Å². The molecular weight excluding hydrogens is 448 g/mol. The molecule has 1 saturated heterocycles. The first-order valence-electron chi connectivity index (χ1n) is 10.2. The van der Waals surface area contributed by atoms with Crippen LogP contribution in [0.3, 0.4) is 0 Å². The van der Waals surface area contributed by atoms with Gasteiger partial charge in [-0.05, 0) is 0 Å². The highest BCUT2D eigenvalue weighted by Gasteiger charge is 2.51. The maximum absolute atomic E-state index is 11.8. The molecule has 1 aliphatic rings. The SMILES string of the molecule is CC(=O)NC1C(OCCOCCNCOO)OC(COC(C)=O)C(OC(C)=O)C1OC(C)=O. The fourth-order valence-electron chi connectivity index (χ4n) is 3.02. The summed E-state index contributed by atoms with van der Waals surface area (Å²) in [4.78, 5) is 50.4. The third kappa shape index (κ3) is 11.4. The molecule has 0 aromatic heterocycles. The zero-order valence-corrected chi connectivity index (χ0v) is 19.1. The molecule has 14 heteroatoms. The molecular formula is C19H32N2O12. The van der Waals surface area contributed by atoms with Crippen molar-refractivity contribution in [2.75, 3.05) is 39.7 Å². The van der Waals surface area contributed by atoms with E-state index in [1.165, 1.54) is 13.8 Å². The number of hydrogen-bond donors (Lipinski definition) is 3. The van der Waals surface area contributed by atoms with Crippen LogP contribution in [-0.2, 0) is 52.5 Å². The van der Waals surface area contributed by atoms with Crippen LogP contribution >= 0.6 is 0 Å². The smallest absolute Gasteiger partial charge is 0.303 e. The first kappa shape index (κ1) is 28.7. The number of rotatable bonds is 14. The molecule has 1 heterocycles. The fraction of sp³-hybridized carbons (Fsp3) is 0.789. The summed E-state index contributed by atoms with van der Waals surface area (Å²) < 4.78 is 32.6. The zero-order chi connectivity index (χ0) is 24.8. The van der Waals surface area contributed by atoms with Crippen molar-refractivity contribution in [2.45, 2.75) is 58.3 Å². The minimum atomic E-state index is -1.18. The molecule has 1 rings (SSSR count). The first-order valence-corrected chi connectivity index (χ1v) is 10.2. The molecule has 1 aliphatic heterocycles. The standard InChI is InChI=1S/C19H32N2O12/c1-11(22)21-16-18(32-14(4)25)17(31-13(3)24)15(9-29-12(2)23)33-19(16)28-8-7-27-6-5-20-10-30-26/h15-20,26H,5-10H2,1-4H3,(H,21,22). The van der Waals surface area contributed by atoms with Gasteiger partial charge in [-0.1, -0.05) is 0 Å². The quantitative estimate of drug-likeness (QED) is 0.0669. The molecule has 0 aromatic carbocycles. The van der Waals surface area contributed by atoms with Gasteiger partial charge in [-0.15, -0.1) is 0 Å². The van der Waals surface area contributed by atoms with Gasteiger partial charge in [0.2, 0.25) is 5.91 Å². The van der Waals surface area contributed by atoms with Gasteiger partial charge in [-0.3, -0.25) is 29.8 Å². The molecule has 33 heavy (non-hydrogen) atoms. The highest BCUT2D eigenvalue weighted by Crippen LogP contribution is 2.28. The van der Waals surface area contributed by atoms with E-state index in [1.54, 1.807) is 0 Å². The van der Waals surface area contributed by atoms with Crippen molar-refractivity contribution in [3.63, 3.8) is 0 Å². The van der Waals surface area contributed by atoms with Gasteiger partial charge in [0, 0.05) is 34.2 Å². The predicted molar refractivity (Wildman–Crippen MR) is 107 cm³/mol. The van der Waals surface area contributed by atoms with Crippen molar-refractivity contribution < 1.29 is 57.7 Å². The molecule has 1 fully saturated rings. The Morgan fingerprint density at radius 3 is 2.15 bits per heavy atom. The van der Waals surface area contributed by atoms with Crippen molar-refractivity contribution in [3.8, 4) is 0 Å². The first-order chi connectivity index (χ1) is 15.6. The van der Waals surface area contributed by atoms with E-state index < -0.39 is 54.5 Å². The van der Waals surface area contributed by atoms with Crippen LogP contribution < -0.4 is 10.6 Å². The van der Waals surface area contributed by atoms with Crippen LogP contribution in [0.5, 0.6) is 0 Å².